The van der Waals surface area contributed by atoms with Crippen LogP contribution in [-0.2, 0) is 0 Å². The first-order valence-corrected chi connectivity index (χ1v) is 5.25. The fourth-order valence-electron chi connectivity index (χ4n) is 1.70. The Balaban J connectivity index is 2.43. The van der Waals surface area contributed by atoms with Crippen molar-refractivity contribution in [2.24, 2.45) is 0 Å². The molecule has 18 heavy (non-hydrogen) atoms. The molecule has 0 bridgehead atoms. The molecule has 0 saturated heterocycles. The highest BCUT2D eigenvalue weighted by molar-refractivity contribution is 6.13. The number of alkyl halides is 3. The Morgan fingerprint density at radius 3 is 2.39 bits per heavy atom. The van der Waals surface area contributed by atoms with Crippen LogP contribution in [0.5, 0.6) is 0 Å². The minimum absolute atomic E-state index is 0.0445. The summed E-state index contributed by atoms with van der Waals surface area (Å²) in [7, 11) is 0. The molecule has 2 aromatic rings. The SMILES string of the molecule is O=C(/C=C/C(F)(F)F)c1cccc2ccccc12. The van der Waals surface area contributed by atoms with Gasteiger partial charge in [0.15, 0.2) is 5.78 Å². The van der Waals surface area contributed by atoms with Crippen LogP contribution in [-0.4, -0.2) is 12.0 Å². The fourth-order valence-corrected chi connectivity index (χ4v) is 1.70. The molecule has 0 fully saturated rings. The molecule has 0 spiro atoms. The molecule has 1 nitrogen and oxygen atoms in total. The van der Waals surface area contributed by atoms with E-state index in [1.807, 2.05) is 6.07 Å². The van der Waals surface area contributed by atoms with Crippen molar-refractivity contribution in [1.82, 2.24) is 0 Å². The van der Waals surface area contributed by atoms with Crippen molar-refractivity contribution >= 4 is 16.6 Å². The lowest BCUT2D eigenvalue weighted by molar-refractivity contribution is -0.0799. The van der Waals surface area contributed by atoms with Crippen molar-refractivity contribution in [2.75, 3.05) is 0 Å². The van der Waals surface area contributed by atoms with Crippen molar-refractivity contribution < 1.29 is 18.0 Å². The predicted molar refractivity (Wildman–Crippen MR) is 63.5 cm³/mol. The van der Waals surface area contributed by atoms with E-state index < -0.39 is 12.0 Å². The van der Waals surface area contributed by atoms with Gasteiger partial charge in [0.05, 0.1) is 0 Å². The smallest absolute Gasteiger partial charge is 0.289 e. The lowest BCUT2D eigenvalue weighted by Gasteiger charge is -2.03. The van der Waals surface area contributed by atoms with Crippen molar-refractivity contribution in [1.29, 1.82) is 0 Å². The standard InChI is InChI=1S/C14H9F3O/c15-14(16,17)9-8-13(18)12-7-3-5-10-4-1-2-6-11(10)12/h1-9H/b9-8+. The lowest BCUT2D eigenvalue weighted by Crippen LogP contribution is -2.03. The lowest BCUT2D eigenvalue weighted by atomic mass is 10.0. The largest absolute Gasteiger partial charge is 0.409 e. The summed E-state index contributed by atoms with van der Waals surface area (Å²) in [4.78, 5) is 11.7. The van der Waals surface area contributed by atoms with E-state index in [1.165, 1.54) is 6.07 Å². The number of fused-ring (bicyclic) bond motifs is 1. The second-order valence-electron chi connectivity index (χ2n) is 3.77. The number of ketones is 1. The maximum Gasteiger partial charge on any atom is 0.409 e. The average molecular weight is 250 g/mol. The summed E-state index contributed by atoms with van der Waals surface area (Å²) in [5.74, 6) is -0.649. The molecular formula is C14H9F3O. The van der Waals surface area contributed by atoms with Crippen molar-refractivity contribution in [3.8, 4) is 0 Å². The first-order valence-electron chi connectivity index (χ1n) is 5.25. The van der Waals surface area contributed by atoms with E-state index in [0.717, 1.165) is 5.39 Å². The van der Waals surface area contributed by atoms with Crippen LogP contribution < -0.4 is 0 Å². The van der Waals surface area contributed by atoms with Gasteiger partial charge in [-0.05, 0) is 16.8 Å². The molecule has 0 aliphatic rings. The van der Waals surface area contributed by atoms with Crippen LogP contribution in [0.4, 0.5) is 13.2 Å². The molecule has 0 aromatic heterocycles. The summed E-state index contributed by atoms with van der Waals surface area (Å²) in [6.45, 7) is 0. The van der Waals surface area contributed by atoms with E-state index in [0.29, 0.717) is 11.5 Å². The number of halogens is 3. The molecule has 0 atom stereocenters. The zero-order chi connectivity index (χ0) is 13.2. The minimum Gasteiger partial charge on any atom is -0.289 e. The summed E-state index contributed by atoms with van der Waals surface area (Å²) in [6, 6.07) is 12.0. The summed E-state index contributed by atoms with van der Waals surface area (Å²) in [6.07, 6.45) is -3.96. The number of hydrogen-bond donors (Lipinski definition) is 0. The van der Waals surface area contributed by atoms with Gasteiger partial charge in [-0.25, -0.2) is 0 Å². The Kier molecular flexibility index (Phi) is 3.19. The number of benzene rings is 2. The number of carbonyl (C=O) groups is 1. The van der Waals surface area contributed by atoms with Gasteiger partial charge in [0.1, 0.15) is 0 Å². The predicted octanol–water partition coefficient (Wildman–Crippen LogP) is 4.14. The van der Waals surface area contributed by atoms with Crippen molar-refractivity contribution in [3.05, 3.63) is 60.2 Å². The molecule has 0 heterocycles. The maximum atomic E-state index is 12.0. The first-order chi connectivity index (χ1) is 8.47. The molecule has 2 aromatic carbocycles. The number of hydrogen-bond acceptors (Lipinski definition) is 1. The number of carbonyl (C=O) groups excluding carboxylic acids is 1. The Bertz CT molecular complexity index is 606. The van der Waals surface area contributed by atoms with Crippen LogP contribution in [0, 0.1) is 0 Å². The van der Waals surface area contributed by atoms with Crippen LogP contribution in [0.1, 0.15) is 10.4 Å². The zero-order valence-electron chi connectivity index (χ0n) is 9.24. The third-order valence-corrected chi connectivity index (χ3v) is 2.48. The van der Waals surface area contributed by atoms with E-state index >= 15 is 0 Å². The normalized spacial score (nSPS) is 12.2. The molecule has 0 unspecified atom stereocenters. The Morgan fingerprint density at radius 1 is 1.00 bits per heavy atom. The molecule has 0 amide bonds. The molecule has 4 heteroatoms. The van der Waals surface area contributed by atoms with Gasteiger partial charge < -0.3 is 0 Å². The molecule has 2 rings (SSSR count). The van der Waals surface area contributed by atoms with Crippen LogP contribution in [0.2, 0.25) is 0 Å². The summed E-state index contributed by atoms with van der Waals surface area (Å²) in [5, 5.41) is 1.47. The summed E-state index contributed by atoms with van der Waals surface area (Å²) < 4.78 is 36.0. The molecule has 0 radical (unpaired) electrons. The van der Waals surface area contributed by atoms with Gasteiger partial charge in [-0.3, -0.25) is 4.79 Å². The minimum atomic E-state index is -4.47. The van der Waals surface area contributed by atoms with Gasteiger partial charge in [0.25, 0.3) is 0 Å². The van der Waals surface area contributed by atoms with Crippen molar-refractivity contribution in [2.45, 2.75) is 6.18 Å². The van der Waals surface area contributed by atoms with Crippen LogP contribution in [0.15, 0.2) is 54.6 Å². The zero-order valence-corrected chi connectivity index (χ0v) is 9.24. The highest BCUT2D eigenvalue weighted by Gasteiger charge is 2.22. The average Bonchev–Trinajstić information content (AvgIpc) is 2.34. The van der Waals surface area contributed by atoms with E-state index in [1.54, 1.807) is 30.3 Å². The van der Waals surface area contributed by atoms with E-state index in [-0.39, 0.29) is 11.6 Å². The van der Waals surface area contributed by atoms with Gasteiger partial charge in [-0.2, -0.15) is 13.2 Å². The van der Waals surface area contributed by atoms with Gasteiger partial charge >= 0.3 is 6.18 Å². The van der Waals surface area contributed by atoms with Crippen LogP contribution in [0.3, 0.4) is 0 Å². The second kappa shape index (κ2) is 4.64. The molecule has 0 saturated carbocycles. The molecule has 92 valence electrons. The molecule has 0 N–H and O–H groups in total. The highest BCUT2D eigenvalue weighted by atomic mass is 19.4. The van der Waals surface area contributed by atoms with Gasteiger partial charge in [0.2, 0.25) is 0 Å². The monoisotopic (exact) mass is 250 g/mol. The summed E-state index contributed by atoms with van der Waals surface area (Å²) >= 11 is 0. The topological polar surface area (TPSA) is 17.1 Å². The van der Waals surface area contributed by atoms with Crippen LogP contribution >= 0.6 is 0 Å². The quantitative estimate of drug-likeness (QED) is 0.578. The van der Waals surface area contributed by atoms with Gasteiger partial charge in [0, 0.05) is 11.6 Å². The van der Waals surface area contributed by atoms with Gasteiger partial charge in [-0.15, -0.1) is 0 Å². The fraction of sp³-hybridized carbons (Fsp3) is 0.0714. The first kappa shape index (κ1) is 12.4. The Hall–Kier alpha value is -2.10. The molecule has 0 aliphatic heterocycles. The van der Waals surface area contributed by atoms with E-state index in [9.17, 15) is 18.0 Å². The van der Waals surface area contributed by atoms with E-state index in [2.05, 4.69) is 0 Å². The van der Waals surface area contributed by atoms with Gasteiger partial charge in [-0.1, -0.05) is 42.5 Å². The number of rotatable bonds is 2. The number of allylic oxidation sites excluding steroid dienone is 2. The maximum absolute atomic E-state index is 12.0. The highest BCUT2D eigenvalue weighted by Crippen LogP contribution is 2.21. The Labute approximate surface area is 102 Å². The summed E-state index contributed by atoms with van der Waals surface area (Å²) in [5.41, 5.74) is 0.272. The third kappa shape index (κ3) is 2.77. The molecule has 0 aliphatic carbocycles. The van der Waals surface area contributed by atoms with Crippen molar-refractivity contribution in [3.63, 3.8) is 0 Å². The molecular weight excluding hydrogens is 241 g/mol. The second-order valence-corrected chi connectivity index (χ2v) is 3.77. The third-order valence-electron chi connectivity index (χ3n) is 2.48. The van der Waals surface area contributed by atoms with E-state index in [4.69, 9.17) is 0 Å². The Morgan fingerprint density at radius 2 is 1.67 bits per heavy atom. The van der Waals surface area contributed by atoms with Crippen LogP contribution in [0.25, 0.3) is 10.8 Å².